The number of carbonyl (C=O) groups is 1. The van der Waals surface area contributed by atoms with E-state index in [1.165, 1.54) is 0 Å². The van der Waals surface area contributed by atoms with E-state index in [9.17, 15) is 9.90 Å². The number of aliphatic hydroxyl groups is 1. The monoisotopic (exact) mass is 330 g/mol. The summed E-state index contributed by atoms with van der Waals surface area (Å²) in [4.78, 5) is 11.9. The van der Waals surface area contributed by atoms with Crippen LogP contribution < -0.4 is 10.6 Å². The fraction of sp³-hybridized carbons (Fsp3) is 0.533. The zero-order chi connectivity index (χ0) is 15.2. The fourth-order valence-corrected chi connectivity index (χ4v) is 3.05. The Hall–Kier alpha value is -0.810. The van der Waals surface area contributed by atoms with Gasteiger partial charge >= 0.3 is 0 Å². The summed E-state index contributed by atoms with van der Waals surface area (Å²) in [6.07, 6.45) is 1.74. The Kier molecular flexibility index (Phi) is 6.30. The van der Waals surface area contributed by atoms with Crippen LogP contribution in [-0.4, -0.2) is 30.6 Å². The van der Waals surface area contributed by atoms with Gasteiger partial charge in [0.2, 0.25) is 5.91 Å². The molecule has 0 bridgehead atoms. The van der Waals surface area contributed by atoms with Crippen molar-refractivity contribution in [2.75, 3.05) is 19.6 Å². The zero-order valence-electron chi connectivity index (χ0n) is 11.7. The zero-order valence-corrected chi connectivity index (χ0v) is 13.3. The van der Waals surface area contributed by atoms with Gasteiger partial charge in [0.1, 0.15) is 0 Å². The van der Waals surface area contributed by atoms with E-state index >= 15 is 0 Å². The molecular weight excluding hydrogens is 311 g/mol. The van der Waals surface area contributed by atoms with E-state index in [4.69, 9.17) is 23.2 Å². The van der Waals surface area contributed by atoms with Crippen LogP contribution in [0.15, 0.2) is 18.2 Å². The predicted octanol–water partition coefficient (Wildman–Crippen LogP) is 2.53. The number of nitrogens with one attached hydrogen (secondary N) is 2. The number of hydrogen-bond donors (Lipinski definition) is 3. The maximum Gasteiger partial charge on any atom is 0.220 e. The lowest BCUT2D eigenvalue weighted by Gasteiger charge is -2.22. The van der Waals surface area contributed by atoms with Gasteiger partial charge in [0.25, 0.3) is 0 Å². The molecule has 1 aliphatic heterocycles. The molecule has 6 heteroatoms. The average Bonchev–Trinajstić information content (AvgIpc) is 2.46. The smallest absolute Gasteiger partial charge is 0.220 e. The highest BCUT2D eigenvalue weighted by Gasteiger charge is 2.18. The Morgan fingerprint density at radius 3 is 2.76 bits per heavy atom. The van der Waals surface area contributed by atoms with Gasteiger partial charge in [0, 0.05) is 28.6 Å². The Labute approximate surface area is 134 Å². The van der Waals surface area contributed by atoms with Gasteiger partial charge in [-0.15, -0.1) is 0 Å². The normalized spacial score (nSPS) is 17.5. The second kappa shape index (κ2) is 7.99. The number of halogens is 2. The van der Waals surface area contributed by atoms with Crippen molar-refractivity contribution in [2.24, 2.45) is 5.92 Å². The molecule has 116 valence electrons. The van der Waals surface area contributed by atoms with Gasteiger partial charge in [-0.25, -0.2) is 0 Å². The first-order valence-corrected chi connectivity index (χ1v) is 7.92. The van der Waals surface area contributed by atoms with E-state index in [1.54, 1.807) is 18.2 Å². The maximum atomic E-state index is 11.9. The predicted molar refractivity (Wildman–Crippen MR) is 84.6 cm³/mol. The lowest BCUT2D eigenvalue weighted by Crippen LogP contribution is -2.33. The van der Waals surface area contributed by atoms with Crippen molar-refractivity contribution in [2.45, 2.75) is 25.4 Å². The SMILES string of the molecule is O=C(CC1CCNCC1)NCC(O)c1ccc(Cl)cc1Cl. The highest BCUT2D eigenvalue weighted by Crippen LogP contribution is 2.26. The van der Waals surface area contributed by atoms with Gasteiger partial charge in [-0.1, -0.05) is 29.3 Å². The van der Waals surface area contributed by atoms with E-state index in [0.717, 1.165) is 25.9 Å². The number of piperidine rings is 1. The van der Waals surface area contributed by atoms with Crippen LogP contribution in [0.1, 0.15) is 30.9 Å². The second-order valence-electron chi connectivity index (χ2n) is 5.38. The lowest BCUT2D eigenvalue weighted by molar-refractivity contribution is -0.122. The number of hydrogen-bond acceptors (Lipinski definition) is 3. The molecule has 0 saturated carbocycles. The molecular formula is C15H20Cl2N2O2. The molecule has 1 aromatic carbocycles. The number of benzene rings is 1. The molecule has 1 heterocycles. The molecule has 1 atom stereocenters. The van der Waals surface area contributed by atoms with E-state index in [1.807, 2.05) is 0 Å². The van der Waals surface area contributed by atoms with E-state index < -0.39 is 6.10 Å². The Morgan fingerprint density at radius 2 is 2.10 bits per heavy atom. The average molecular weight is 331 g/mol. The largest absolute Gasteiger partial charge is 0.387 e. The molecule has 0 aromatic heterocycles. The molecule has 1 fully saturated rings. The minimum Gasteiger partial charge on any atom is -0.387 e. The molecule has 1 amide bonds. The maximum absolute atomic E-state index is 11.9. The van der Waals surface area contributed by atoms with Gasteiger partial charge in [-0.3, -0.25) is 4.79 Å². The fourth-order valence-electron chi connectivity index (χ4n) is 2.51. The van der Waals surface area contributed by atoms with Crippen molar-refractivity contribution in [3.63, 3.8) is 0 Å². The molecule has 0 aliphatic carbocycles. The number of aliphatic hydroxyl groups excluding tert-OH is 1. The Balaban J connectivity index is 1.80. The summed E-state index contributed by atoms with van der Waals surface area (Å²) < 4.78 is 0. The first kappa shape index (κ1) is 16.6. The highest BCUT2D eigenvalue weighted by molar-refractivity contribution is 6.35. The molecule has 1 aliphatic rings. The molecule has 0 spiro atoms. The second-order valence-corrected chi connectivity index (χ2v) is 6.23. The van der Waals surface area contributed by atoms with Crippen LogP contribution in [0.3, 0.4) is 0 Å². The summed E-state index contributed by atoms with van der Waals surface area (Å²) >= 11 is 11.8. The first-order valence-electron chi connectivity index (χ1n) is 7.16. The van der Waals surface area contributed by atoms with Crippen LogP contribution >= 0.6 is 23.2 Å². The van der Waals surface area contributed by atoms with Gasteiger partial charge in [-0.2, -0.15) is 0 Å². The highest BCUT2D eigenvalue weighted by atomic mass is 35.5. The van der Waals surface area contributed by atoms with E-state index in [-0.39, 0.29) is 12.5 Å². The van der Waals surface area contributed by atoms with Crippen LogP contribution in [-0.2, 0) is 4.79 Å². The summed E-state index contributed by atoms with van der Waals surface area (Å²) in [6, 6.07) is 4.93. The van der Waals surface area contributed by atoms with Crippen molar-refractivity contribution in [3.05, 3.63) is 33.8 Å². The molecule has 2 rings (SSSR count). The van der Waals surface area contributed by atoms with Crippen molar-refractivity contribution in [3.8, 4) is 0 Å². The van der Waals surface area contributed by atoms with Crippen LogP contribution in [0.2, 0.25) is 10.0 Å². The van der Waals surface area contributed by atoms with E-state index in [2.05, 4.69) is 10.6 Å². The Bertz CT molecular complexity index is 491. The van der Waals surface area contributed by atoms with Gasteiger partial charge in [-0.05, 0) is 44.0 Å². The summed E-state index contributed by atoms with van der Waals surface area (Å²) in [7, 11) is 0. The minimum absolute atomic E-state index is 0.0222. The van der Waals surface area contributed by atoms with Crippen LogP contribution in [0.5, 0.6) is 0 Å². The number of rotatable bonds is 5. The third-order valence-electron chi connectivity index (χ3n) is 3.75. The molecule has 1 aromatic rings. The molecule has 21 heavy (non-hydrogen) atoms. The Morgan fingerprint density at radius 1 is 1.38 bits per heavy atom. The van der Waals surface area contributed by atoms with Crippen LogP contribution in [0.25, 0.3) is 0 Å². The number of carbonyl (C=O) groups excluding carboxylic acids is 1. The summed E-state index contributed by atoms with van der Waals surface area (Å²) in [5.41, 5.74) is 0.572. The summed E-state index contributed by atoms with van der Waals surface area (Å²) in [6.45, 7) is 2.10. The van der Waals surface area contributed by atoms with Crippen molar-refractivity contribution in [1.29, 1.82) is 0 Å². The first-order chi connectivity index (χ1) is 10.1. The quantitative estimate of drug-likeness (QED) is 0.777. The van der Waals surface area contributed by atoms with Gasteiger partial charge < -0.3 is 15.7 Å². The van der Waals surface area contributed by atoms with E-state index in [0.29, 0.717) is 27.9 Å². The molecule has 3 N–H and O–H groups in total. The van der Waals surface area contributed by atoms with Gasteiger partial charge in [0.05, 0.1) is 6.10 Å². The molecule has 4 nitrogen and oxygen atoms in total. The van der Waals surface area contributed by atoms with Crippen LogP contribution in [0.4, 0.5) is 0 Å². The topological polar surface area (TPSA) is 61.4 Å². The third kappa shape index (κ3) is 5.15. The standard InChI is InChI=1S/C15H20Cl2N2O2/c16-11-1-2-12(13(17)8-11)14(20)9-19-15(21)7-10-3-5-18-6-4-10/h1-2,8,10,14,18,20H,3-7,9H2,(H,19,21). The van der Waals surface area contributed by atoms with Crippen molar-refractivity contribution in [1.82, 2.24) is 10.6 Å². The summed E-state index contributed by atoms with van der Waals surface area (Å²) in [5, 5.41) is 17.1. The van der Waals surface area contributed by atoms with Crippen LogP contribution in [0, 0.1) is 5.92 Å². The molecule has 1 saturated heterocycles. The summed E-state index contributed by atoms with van der Waals surface area (Å²) in [5.74, 6) is 0.411. The van der Waals surface area contributed by atoms with Crippen molar-refractivity contribution < 1.29 is 9.90 Å². The van der Waals surface area contributed by atoms with Crippen molar-refractivity contribution >= 4 is 29.1 Å². The molecule has 0 radical (unpaired) electrons. The number of amides is 1. The lowest BCUT2D eigenvalue weighted by atomic mass is 9.94. The van der Waals surface area contributed by atoms with Gasteiger partial charge in [0.15, 0.2) is 0 Å². The molecule has 1 unspecified atom stereocenters. The third-order valence-corrected chi connectivity index (χ3v) is 4.31. The minimum atomic E-state index is -0.827.